The maximum Gasteiger partial charge on any atom is 0.00717 e. The van der Waals surface area contributed by atoms with Gasteiger partial charge in [0.05, 0.1) is 0 Å². The van der Waals surface area contributed by atoms with Crippen LogP contribution in [0.3, 0.4) is 0 Å². The van der Waals surface area contributed by atoms with Crippen LogP contribution in [0.25, 0.3) is 0 Å². The van der Waals surface area contributed by atoms with Crippen LogP contribution in [0.5, 0.6) is 0 Å². The van der Waals surface area contributed by atoms with Gasteiger partial charge in [0.1, 0.15) is 0 Å². The van der Waals surface area contributed by atoms with Gasteiger partial charge in [-0.3, -0.25) is 0 Å². The standard InChI is InChI=1S/C19H35N/c1-14(2)6-16(20-5)10-19-9-15-7-17(3,12-19)11-18(4,8-15)13-19/h14-16,20H,6-13H2,1-5H3. The van der Waals surface area contributed by atoms with Gasteiger partial charge in [-0.25, -0.2) is 0 Å². The first-order valence-corrected chi connectivity index (χ1v) is 8.93. The van der Waals surface area contributed by atoms with Gasteiger partial charge < -0.3 is 5.32 Å². The molecule has 1 heteroatoms. The summed E-state index contributed by atoms with van der Waals surface area (Å²) in [6, 6.07) is 0.735. The average molecular weight is 277 g/mol. The third-order valence-electron chi connectivity index (χ3n) is 6.59. The second-order valence-corrected chi connectivity index (χ2v) is 9.95. The van der Waals surface area contributed by atoms with Gasteiger partial charge in [-0.15, -0.1) is 0 Å². The highest BCUT2D eigenvalue weighted by atomic mass is 14.9. The number of hydrogen-bond acceptors (Lipinski definition) is 1. The van der Waals surface area contributed by atoms with E-state index in [1.807, 2.05) is 0 Å². The smallest absolute Gasteiger partial charge is 0.00717 e. The molecule has 0 amide bonds. The van der Waals surface area contributed by atoms with Gasteiger partial charge >= 0.3 is 0 Å². The summed E-state index contributed by atoms with van der Waals surface area (Å²) >= 11 is 0. The summed E-state index contributed by atoms with van der Waals surface area (Å²) < 4.78 is 0. The predicted molar refractivity (Wildman–Crippen MR) is 86.8 cm³/mol. The van der Waals surface area contributed by atoms with E-state index in [4.69, 9.17) is 0 Å². The van der Waals surface area contributed by atoms with E-state index in [1.54, 1.807) is 0 Å². The molecule has 4 bridgehead atoms. The highest BCUT2D eigenvalue weighted by Gasteiger charge is 2.59. The van der Waals surface area contributed by atoms with Crippen LogP contribution in [-0.2, 0) is 0 Å². The molecule has 20 heavy (non-hydrogen) atoms. The van der Waals surface area contributed by atoms with Gasteiger partial charge in [0, 0.05) is 6.04 Å². The fourth-order valence-corrected chi connectivity index (χ4v) is 7.31. The van der Waals surface area contributed by atoms with Crippen LogP contribution in [0.15, 0.2) is 0 Å². The molecular weight excluding hydrogens is 242 g/mol. The molecule has 4 rings (SSSR count). The lowest BCUT2D eigenvalue weighted by Gasteiger charge is -2.66. The molecule has 0 aromatic heterocycles. The molecule has 0 heterocycles. The molecule has 4 aliphatic carbocycles. The minimum atomic E-state index is 0.671. The SMILES string of the molecule is CNC(CC(C)C)CC12CC3CC(C)(CC(C)(C3)C1)C2. The molecule has 4 aliphatic rings. The van der Waals surface area contributed by atoms with Crippen molar-refractivity contribution in [2.24, 2.45) is 28.1 Å². The van der Waals surface area contributed by atoms with Crippen molar-refractivity contribution in [1.82, 2.24) is 5.32 Å². The van der Waals surface area contributed by atoms with E-state index in [2.05, 4.69) is 40.1 Å². The monoisotopic (exact) mass is 277 g/mol. The summed E-state index contributed by atoms with van der Waals surface area (Å²) in [5.41, 5.74) is 2.01. The Hall–Kier alpha value is -0.0400. The fourth-order valence-electron chi connectivity index (χ4n) is 7.31. The molecule has 0 aromatic carbocycles. The fraction of sp³-hybridized carbons (Fsp3) is 1.00. The van der Waals surface area contributed by atoms with Gasteiger partial charge in [-0.1, -0.05) is 27.7 Å². The summed E-state index contributed by atoms with van der Waals surface area (Å²) in [6.07, 6.45) is 11.9. The summed E-state index contributed by atoms with van der Waals surface area (Å²) in [5.74, 6) is 1.85. The largest absolute Gasteiger partial charge is 0.317 e. The molecule has 0 aromatic rings. The predicted octanol–water partition coefficient (Wildman–Crippen LogP) is 5.01. The molecular formula is C19H35N. The van der Waals surface area contributed by atoms with Crippen molar-refractivity contribution in [3.8, 4) is 0 Å². The third kappa shape index (κ3) is 2.67. The van der Waals surface area contributed by atoms with E-state index in [0.29, 0.717) is 16.2 Å². The van der Waals surface area contributed by atoms with Crippen LogP contribution in [0, 0.1) is 28.1 Å². The number of rotatable bonds is 5. The highest BCUT2D eigenvalue weighted by Crippen LogP contribution is 2.70. The van der Waals surface area contributed by atoms with Crippen molar-refractivity contribution in [3.63, 3.8) is 0 Å². The normalized spacial score (nSPS) is 48.0. The van der Waals surface area contributed by atoms with Crippen molar-refractivity contribution in [1.29, 1.82) is 0 Å². The van der Waals surface area contributed by atoms with Gasteiger partial charge in [0.15, 0.2) is 0 Å². The molecule has 116 valence electrons. The molecule has 3 atom stereocenters. The molecule has 0 radical (unpaired) electrons. The van der Waals surface area contributed by atoms with Crippen LogP contribution >= 0.6 is 0 Å². The van der Waals surface area contributed by atoms with Gasteiger partial charge in [-0.2, -0.15) is 0 Å². The maximum absolute atomic E-state index is 3.63. The Kier molecular flexibility index (Phi) is 3.52. The number of hydrogen-bond donors (Lipinski definition) is 1. The van der Waals surface area contributed by atoms with Crippen LogP contribution < -0.4 is 5.32 Å². The third-order valence-corrected chi connectivity index (χ3v) is 6.59. The van der Waals surface area contributed by atoms with E-state index in [-0.39, 0.29) is 0 Å². The van der Waals surface area contributed by atoms with Crippen LogP contribution in [0.4, 0.5) is 0 Å². The molecule has 1 N–H and O–H groups in total. The molecule has 0 saturated heterocycles. The van der Waals surface area contributed by atoms with E-state index >= 15 is 0 Å². The topological polar surface area (TPSA) is 12.0 Å². The lowest BCUT2D eigenvalue weighted by Crippen LogP contribution is -2.56. The van der Waals surface area contributed by atoms with Crippen molar-refractivity contribution >= 4 is 0 Å². The van der Waals surface area contributed by atoms with E-state index in [0.717, 1.165) is 17.9 Å². The Morgan fingerprint density at radius 2 is 1.60 bits per heavy atom. The second-order valence-electron chi connectivity index (χ2n) is 9.95. The first-order valence-electron chi connectivity index (χ1n) is 8.93. The summed E-state index contributed by atoms with van der Waals surface area (Å²) in [5, 5.41) is 3.63. The Morgan fingerprint density at radius 3 is 2.05 bits per heavy atom. The second kappa shape index (κ2) is 4.73. The van der Waals surface area contributed by atoms with E-state index < -0.39 is 0 Å². The van der Waals surface area contributed by atoms with Crippen molar-refractivity contribution in [3.05, 3.63) is 0 Å². The zero-order chi connectivity index (χ0) is 14.6. The lowest BCUT2D eigenvalue weighted by atomic mass is 9.39. The van der Waals surface area contributed by atoms with E-state index in [1.165, 1.54) is 51.4 Å². The van der Waals surface area contributed by atoms with Crippen LogP contribution in [0.2, 0.25) is 0 Å². The summed E-state index contributed by atoms with van der Waals surface area (Å²) in [7, 11) is 2.18. The quantitative estimate of drug-likeness (QED) is 0.745. The van der Waals surface area contributed by atoms with Gasteiger partial charge in [0.25, 0.3) is 0 Å². The Bertz CT molecular complexity index is 354. The first-order chi connectivity index (χ1) is 9.26. The van der Waals surface area contributed by atoms with Crippen molar-refractivity contribution in [2.45, 2.75) is 85.1 Å². The highest BCUT2D eigenvalue weighted by molar-refractivity contribution is 5.10. The zero-order valence-corrected chi connectivity index (χ0v) is 14.4. The first kappa shape index (κ1) is 14.9. The lowest BCUT2D eigenvalue weighted by molar-refractivity contribution is -0.150. The maximum atomic E-state index is 3.63. The minimum absolute atomic E-state index is 0.671. The number of nitrogens with one attached hydrogen (secondary N) is 1. The Morgan fingerprint density at radius 1 is 1.00 bits per heavy atom. The molecule has 0 aliphatic heterocycles. The summed E-state index contributed by atoms with van der Waals surface area (Å²) in [6.45, 7) is 9.93. The molecule has 0 spiro atoms. The molecule has 1 nitrogen and oxygen atoms in total. The minimum Gasteiger partial charge on any atom is -0.317 e. The van der Waals surface area contributed by atoms with Crippen LogP contribution in [0.1, 0.15) is 79.1 Å². The van der Waals surface area contributed by atoms with Crippen molar-refractivity contribution in [2.75, 3.05) is 7.05 Å². The molecule has 4 saturated carbocycles. The Balaban J connectivity index is 1.78. The molecule has 4 fully saturated rings. The van der Waals surface area contributed by atoms with E-state index in [9.17, 15) is 0 Å². The van der Waals surface area contributed by atoms with Crippen molar-refractivity contribution < 1.29 is 0 Å². The Labute approximate surface area is 126 Å². The van der Waals surface area contributed by atoms with Gasteiger partial charge in [-0.05, 0) is 86.5 Å². The van der Waals surface area contributed by atoms with Gasteiger partial charge in [0.2, 0.25) is 0 Å². The zero-order valence-electron chi connectivity index (χ0n) is 14.4. The molecule has 3 unspecified atom stereocenters. The summed E-state index contributed by atoms with van der Waals surface area (Å²) in [4.78, 5) is 0. The van der Waals surface area contributed by atoms with Crippen LogP contribution in [-0.4, -0.2) is 13.1 Å². The average Bonchev–Trinajstić information content (AvgIpc) is 2.21.